The number of nitrogens with two attached hydrogens (primary N) is 1. The van der Waals surface area contributed by atoms with Crippen LogP contribution in [-0.4, -0.2) is 39.1 Å². The van der Waals surface area contributed by atoms with Gasteiger partial charge in [0.25, 0.3) is 0 Å². The van der Waals surface area contributed by atoms with E-state index in [2.05, 4.69) is 5.32 Å². The van der Waals surface area contributed by atoms with Crippen molar-refractivity contribution in [2.24, 2.45) is 0 Å². The van der Waals surface area contributed by atoms with E-state index in [1.165, 1.54) is 14.1 Å². The summed E-state index contributed by atoms with van der Waals surface area (Å²) in [4.78, 5) is 0. The van der Waals surface area contributed by atoms with E-state index in [0.717, 1.165) is 16.4 Å². The molecule has 8 heteroatoms. The van der Waals surface area contributed by atoms with Gasteiger partial charge in [0, 0.05) is 26.3 Å². The number of hydrogen-bond donors (Lipinski definition) is 2. The first kappa shape index (κ1) is 14.7. The molecule has 0 spiro atoms. The van der Waals surface area contributed by atoms with E-state index in [4.69, 9.17) is 5.73 Å². The Bertz CT molecular complexity index is 509. The number of sulfonamides is 1. The molecule has 0 atom stereocenters. The SMILES string of the molecule is CN(C)S(=O)(=O)CCNc1c(F)cc(N)cc1F. The van der Waals surface area contributed by atoms with Crippen LogP contribution in [-0.2, 0) is 10.0 Å². The summed E-state index contributed by atoms with van der Waals surface area (Å²) >= 11 is 0. The molecule has 5 nitrogen and oxygen atoms in total. The number of halogens is 2. The monoisotopic (exact) mass is 279 g/mol. The van der Waals surface area contributed by atoms with Gasteiger partial charge in [-0.05, 0) is 12.1 Å². The molecule has 102 valence electrons. The van der Waals surface area contributed by atoms with Crippen LogP contribution in [0.25, 0.3) is 0 Å². The van der Waals surface area contributed by atoms with Crippen LogP contribution in [0.4, 0.5) is 20.2 Å². The Hall–Kier alpha value is -1.41. The van der Waals surface area contributed by atoms with E-state index in [9.17, 15) is 17.2 Å². The zero-order valence-corrected chi connectivity index (χ0v) is 10.9. The highest BCUT2D eigenvalue weighted by Crippen LogP contribution is 2.21. The number of benzene rings is 1. The van der Waals surface area contributed by atoms with E-state index in [-0.39, 0.29) is 23.7 Å². The maximum Gasteiger partial charge on any atom is 0.215 e. The molecule has 0 aliphatic carbocycles. The summed E-state index contributed by atoms with van der Waals surface area (Å²) in [6.07, 6.45) is 0. The number of rotatable bonds is 5. The third-order valence-corrected chi connectivity index (χ3v) is 4.12. The third-order valence-electron chi connectivity index (χ3n) is 2.28. The van der Waals surface area contributed by atoms with Crippen molar-refractivity contribution >= 4 is 21.4 Å². The third kappa shape index (κ3) is 3.54. The molecule has 0 aliphatic rings. The summed E-state index contributed by atoms with van der Waals surface area (Å²) in [5, 5.41) is 2.41. The first-order chi connectivity index (χ1) is 8.24. The molecule has 0 saturated carbocycles. The molecular formula is C10H15F2N3O2S. The second kappa shape index (κ2) is 5.49. The highest BCUT2D eigenvalue weighted by Gasteiger charge is 2.15. The van der Waals surface area contributed by atoms with E-state index in [1.54, 1.807) is 0 Å². The molecule has 0 saturated heterocycles. The molecule has 0 radical (unpaired) electrons. The summed E-state index contributed by atoms with van der Waals surface area (Å²) in [5.74, 6) is -1.96. The Morgan fingerprint density at radius 1 is 1.28 bits per heavy atom. The van der Waals surface area contributed by atoms with E-state index in [1.807, 2.05) is 0 Å². The predicted molar refractivity (Wildman–Crippen MR) is 66.7 cm³/mol. The number of nitrogen functional groups attached to an aromatic ring is 1. The zero-order valence-electron chi connectivity index (χ0n) is 10.1. The average Bonchev–Trinajstić information content (AvgIpc) is 2.21. The summed E-state index contributed by atoms with van der Waals surface area (Å²) in [6, 6.07) is 1.93. The summed E-state index contributed by atoms with van der Waals surface area (Å²) in [7, 11) is -0.624. The minimum Gasteiger partial charge on any atom is -0.399 e. The quantitative estimate of drug-likeness (QED) is 0.784. The van der Waals surface area contributed by atoms with Gasteiger partial charge in [-0.15, -0.1) is 0 Å². The highest BCUT2D eigenvalue weighted by molar-refractivity contribution is 7.89. The van der Waals surface area contributed by atoms with Crippen LogP contribution in [0.3, 0.4) is 0 Å². The number of nitrogens with zero attached hydrogens (tertiary/aromatic N) is 1. The van der Waals surface area contributed by atoms with Gasteiger partial charge in [0.2, 0.25) is 10.0 Å². The van der Waals surface area contributed by atoms with Crippen molar-refractivity contribution in [3.63, 3.8) is 0 Å². The molecule has 0 amide bonds. The Balaban J connectivity index is 2.71. The topological polar surface area (TPSA) is 75.4 Å². The lowest BCUT2D eigenvalue weighted by atomic mass is 10.2. The number of anilines is 2. The van der Waals surface area contributed by atoms with Crippen molar-refractivity contribution in [3.8, 4) is 0 Å². The lowest BCUT2D eigenvalue weighted by molar-refractivity contribution is 0.521. The second-order valence-corrected chi connectivity index (χ2v) is 6.19. The molecule has 18 heavy (non-hydrogen) atoms. The lowest BCUT2D eigenvalue weighted by Crippen LogP contribution is -2.28. The smallest absolute Gasteiger partial charge is 0.215 e. The van der Waals surface area contributed by atoms with Crippen LogP contribution in [0, 0.1) is 11.6 Å². The van der Waals surface area contributed by atoms with Gasteiger partial charge in [0.15, 0.2) is 11.6 Å². The Kier molecular flexibility index (Phi) is 4.47. The van der Waals surface area contributed by atoms with Crippen LogP contribution >= 0.6 is 0 Å². The molecule has 0 unspecified atom stereocenters. The van der Waals surface area contributed by atoms with Gasteiger partial charge in [-0.1, -0.05) is 0 Å². The van der Waals surface area contributed by atoms with Gasteiger partial charge in [0.05, 0.1) is 5.75 Å². The van der Waals surface area contributed by atoms with Crippen molar-refractivity contribution in [3.05, 3.63) is 23.8 Å². The van der Waals surface area contributed by atoms with Crippen molar-refractivity contribution in [1.29, 1.82) is 0 Å². The lowest BCUT2D eigenvalue weighted by Gasteiger charge is -2.13. The number of hydrogen-bond acceptors (Lipinski definition) is 4. The maximum atomic E-state index is 13.3. The second-order valence-electron chi connectivity index (χ2n) is 3.88. The molecule has 0 aromatic heterocycles. The van der Waals surface area contributed by atoms with Gasteiger partial charge in [-0.25, -0.2) is 21.5 Å². The van der Waals surface area contributed by atoms with Crippen molar-refractivity contribution < 1.29 is 17.2 Å². The fraction of sp³-hybridized carbons (Fsp3) is 0.400. The molecule has 1 rings (SSSR count). The van der Waals surface area contributed by atoms with E-state index < -0.39 is 21.7 Å². The highest BCUT2D eigenvalue weighted by atomic mass is 32.2. The first-order valence-electron chi connectivity index (χ1n) is 5.12. The average molecular weight is 279 g/mol. The van der Waals surface area contributed by atoms with Crippen molar-refractivity contribution in [2.45, 2.75) is 0 Å². The van der Waals surface area contributed by atoms with Gasteiger partial charge < -0.3 is 11.1 Å². The van der Waals surface area contributed by atoms with Gasteiger partial charge in [0.1, 0.15) is 5.69 Å². The Morgan fingerprint density at radius 2 is 1.78 bits per heavy atom. The summed E-state index contributed by atoms with van der Waals surface area (Å²) in [5.41, 5.74) is 4.85. The van der Waals surface area contributed by atoms with E-state index >= 15 is 0 Å². The molecule has 0 bridgehead atoms. The minimum absolute atomic E-state index is 0.0311. The largest absolute Gasteiger partial charge is 0.399 e. The summed E-state index contributed by atoms with van der Waals surface area (Å²) < 4.78 is 50.6. The molecule has 0 fully saturated rings. The Labute approximate surface area is 105 Å². The molecule has 0 heterocycles. The molecule has 1 aromatic rings. The van der Waals surface area contributed by atoms with Gasteiger partial charge in [-0.2, -0.15) is 0 Å². The van der Waals surface area contributed by atoms with Crippen LogP contribution in [0.1, 0.15) is 0 Å². The van der Waals surface area contributed by atoms with Crippen LogP contribution in [0.2, 0.25) is 0 Å². The van der Waals surface area contributed by atoms with Gasteiger partial charge in [-0.3, -0.25) is 0 Å². The molecule has 3 N–H and O–H groups in total. The normalized spacial score (nSPS) is 11.8. The van der Waals surface area contributed by atoms with Crippen molar-refractivity contribution in [1.82, 2.24) is 4.31 Å². The fourth-order valence-electron chi connectivity index (χ4n) is 1.25. The van der Waals surface area contributed by atoms with Gasteiger partial charge >= 0.3 is 0 Å². The first-order valence-corrected chi connectivity index (χ1v) is 6.73. The van der Waals surface area contributed by atoms with Crippen molar-refractivity contribution in [2.75, 3.05) is 37.4 Å². The molecular weight excluding hydrogens is 264 g/mol. The van der Waals surface area contributed by atoms with Crippen LogP contribution in [0.15, 0.2) is 12.1 Å². The molecule has 1 aromatic carbocycles. The van der Waals surface area contributed by atoms with Crippen LogP contribution < -0.4 is 11.1 Å². The minimum atomic E-state index is -3.40. The molecule has 0 aliphatic heterocycles. The van der Waals surface area contributed by atoms with E-state index in [0.29, 0.717) is 0 Å². The Morgan fingerprint density at radius 3 is 2.22 bits per heavy atom. The van der Waals surface area contributed by atoms with Crippen LogP contribution in [0.5, 0.6) is 0 Å². The number of nitrogens with one attached hydrogen (secondary N) is 1. The predicted octanol–water partition coefficient (Wildman–Crippen LogP) is 0.850. The standard InChI is InChI=1S/C10H15F2N3O2S/c1-15(2)18(16,17)4-3-14-10-8(11)5-7(13)6-9(10)12/h5-6,14H,3-4,13H2,1-2H3. The summed E-state index contributed by atoms with van der Waals surface area (Å²) in [6.45, 7) is -0.0989. The zero-order chi connectivity index (χ0) is 13.9. The fourth-order valence-corrected chi connectivity index (χ4v) is 1.97. The maximum absolute atomic E-state index is 13.3.